The van der Waals surface area contributed by atoms with Gasteiger partial charge in [-0.25, -0.2) is 0 Å². The lowest BCUT2D eigenvalue weighted by Gasteiger charge is -2.36. The average molecular weight is 353 g/mol. The molecule has 2 fully saturated rings. The molecule has 0 radical (unpaired) electrons. The molecule has 1 N–H and O–H groups in total. The van der Waals surface area contributed by atoms with E-state index in [1.54, 1.807) is 0 Å². The van der Waals surface area contributed by atoms with E-state index in [1.165, 1.54) is 5.56 Å². The Hall–Kier alpha value is -2.30. The van der Waals surface area contributed by atoms with Crippen LogP contribution in [-0.2, 0) is 4.79 Å². The van der Waals surface area contributed by atoms with Gasteiger partial charge < -0.3 is 14.7 Å². The van der Waals surface area contributed by atoms with Gasteiger partial charge in [-0.3, -0.25) is 4.79 Å². The number of rotatable bonds is 4. The van der Waals surface area contributed by atoms with Crippen LogP contribution >= 0.6 is 0 Å². The van der Waals surface area contributed by atoms with Crippen LogP contribution in [0.4, 0.5) is 5.69 Å². The molecule has 1 aromatic heterocycles. The van der Waals surface area contributed by atoms with E-state index in [-0.39, 0.29) is 11.9 Å². The molecule has 1 saturated heterocycles. The van der Waals surface area contributed by atoms with E-state index < -0.39 is 5.54 Å². The zero-order valence-electron chi connectivity index (χ0n) is 15.6. The number of carbonyl (C=O) groups excluding carboxylic acids is 1. The molecule has 0 spiro atoms. The first kappa shape index (κ1) is 17.1. The van der Waals surface area contributed by atoms with Gasteiger partial charge in [0.1, 0.15) is 5.54 Å². The van der Waals surface area contributed by atoms with Crippen LogP contribution in [0.15, 0.2) is 34.9 Å². The number of nitrogens with one attached hydrogen (secondary N) is 1. The van der Waals surface area contributed by atoms with Crippen LogP contribution in [0.1, 0.15) is 61.6 Å². The van der Waals surface area contributed by atoms with Gasteiger partial charge in [-0.2, -0.15) is 0 Å². The monoisotopic (exact) mass is 353 g/mol. The molecular weight excluding hydrogens is 326 g/mol. The number of hydrogen-bond donors (Lipinski definition) is 1. The van der Waals surface area contributed by atoms with Crippen molar-refractivity contribution in [3.05, 3.63) is 47.3 Å². The van der Waals surface area contributed by atoms with Crippen molar-refractivity contribution in [3.63, 3.8) is 0 Å². The fourth-order valence-corrected chi connectivity index (χ4v) is 4.40. The van der Waals surface area contributed by atoms with Crippen molar-refractivity contribution < 1.29 is 9.32 Å². The maximum Gasteiger partial charge on any atom is 0.248 e. The molecule has 0 bridgehead atoms. The van der Waals surface area contributed by atoms with Crippen molar-refractivity contribution in [2.75, 3.05) is 11.9 Å². The minimum Gasteiger partial charge on any atom is -0.371 e. The Bertz CT molecular complexity index is 775. The summed E-state index contributed by atoms with van der Waals surface area (Å²) in [5, 5.41) is 7.62. The van der Waals surface area contributed by atoms with Crippen LogP contribution < -0.4 is 5.32 Å². The van der Waals surface area contributed by atoms with Gasteiger partial charge in [-0.05, 0) is 51.7 Å². The highest BCUT2D eigenvalue weighted by Gasteiger charge is 2.47. The van der Waals surface area contributed by atoms with Gasteiger partial charge in [0.25, 0.3) is 0 Å². The molecular formula is C21H27N3O2. The second-order valence-electron chi connectivity index (χ2n) is 7.81. The molecule has 1 saturated carbocycles. The number of carbonyl (C=O) groups is 1. The molecule has 5 nitrogen and oxygen atoms in total. The highest BCUT2D eigenvalue weighted by atomic mass is 16.5. The SMILES string of the molecule is Cc1ccc(NC2(C(=O)N3CCC[C@H]3c3cc(C)no3)CCCC2)cc1. The van der Waals surface area contributed by atoms with E-state index in [9.17, 15) is 4.79 Å². The van der Waals surface area contributed by atoms with Crippen LogP contribution in [-0.4, -0.2) is 28.0 Å². The van der Waals surface area contributed by atoms with Crippen molar-refractivity contribution in [2.45, 2.75) is 64.0 Å². The normalized spacial score (nSPS) is 21.9. The number of amides is 1. The summed E-state index contributed by atoms with van der Waals surface area (Å²) in [6.45, 7) is 4.79. The number of aryl methyl sites for hydroxylation is 2. The standard InChI is InChI=1S/C21H27N3O2/c1-15-7-9-17(10-8-15)22-21(11-3-4-12-21)20(25)24-13-5-6-18(24)19-14-16(2)23-26-19/h7-10,14,18,22H,3-6,11-13H2,1-2H3/t18-/m0/s1. The number of aromatic nitrogens is 1. The van der Waals surface area contributed by atoms with E-state index in [1.807, 2.05) is 17.9 Å². The number of likely N-dealkylation sites (tertiary alicyclic amines) is 1. The molecule has 2 heterocycles. The van der Waals surface area contributed by atoms with Crippen molar-refractivity contribution in [1.29, 1.82) is 0 Å². The lowest BCUT2D eigenvalue weighted by atomic mass is 9.94. The van der Waals surface area contributed by atoms with Crippen molar-refractivity contribution >= 4 is 11.6 Å². The Morgan fingerprint density at radius 1 is 1.19 bits per heavy atom. The minimum absolute atomic E-state index is 0.0148. The van der Waals surface area contributed by atoms with Gasteiger partial charge >= 0.3 is 0 Å². The molecule has 0 unspecified atom stereocenters. The quantitative estimate of drug-likeness (QED) is 0.886. The minimum atomic E-state index is -0.493. The molecule has 138 valence electrons. The number of benzene rings is 1. The third-order valence-electron chi connectivity index (χ3n) is 5.79. The van der Waals surface area contributed by atoms with Crippen LogP contribution in [0.2, 0.25) is 0 Å². The molecule has 1 aliphatic heterocycles. The van der Waals surface area contributed by atoms with E-state index in [4.69, 9.17) is 4.52 Å². The van der Waals surface area contributed by atoms with Gasteiger partial charge in [0.15, 0.2) is 5.76 Å². The first-order valence-electron chi connectivity index (χ1n) is 9.67. The van der Waals surface area contributed by atoms with Crippen LogP contribution in [0.3, 0.4) is 0 Å². The van der Waals surface area contributed by atoms with Crippen molar-refractivity contribution in [2.24, 2.45) is 0 Å². The Morgan fingerprint density at radius 2 is 1.92 bits per heavy atom. The Morgan fingerprint density at radius 3 is 2.58 bits per heavy atom. The molecule has 1 atom stereocenters. The zero-order chi connectivity index (χ0) is 18.1. The number of anilines is 1. The molecule has 1 aromatic carbocycles. The lowest BCUT2D eigenvalue weighted by Crippen LogP contribution is -2.52. The number of hydrogen-bond acceptors (Lipinski definition) is 4. The molecule has 1 amide bonds. The summed E-state index contributed by atoms with van der Waals surface area (Å²) in [5.41, 5.74) is 2.62. The third kappa shape index (κ3) is 3.11. The van der Waals surface area contributed by atoms with Crippen molar-refractivity contribution in [3.8, 4) is 0 Å². The summed E-state index contributed by atoms with van der Waals surface area (Å²) < 4.78 is 5.49. The third-order valence-corrected chi connectivity index (χ3v) is 5.79. The lowest BCUT2D eigenvalue weighted by molar-refractivity contribution is -0.137. The predicted molar refractivity (Wildman–Crippen MR) is 101 cm³/mol. The predicted octanol–water partition coefficient (Wildman–Crippen LogP) is 4.38. The summed E-state index contributed by atoms with van der Waals surface area (Å²) >= 11 is 0. The van der Waals surface area contributed by atoms with E-state index in [0.29, 0.717) is 0 Å². The van der Waals surface area contributed by atoms with Crippen LogP contribution in [0.25, 0.3) is 0 Å². The Kier molecular flexibility index (Phi) is 4.47. The maximum absolute atomic E-state index is 13.6. The van der Waals surface area contributed by atoms with Gasteiger partial charge in [0.05, 0.1) is 11.7 Å². The first-order chi connectivity index (χ1) is 12.6. The van der Waals surface area contributed by atoms with Crippen LogP contribution in [0, 0.1) is 13.8 Å². The van der Waals surface area contributed by atoms with Gasteiger partial charge in [0.2, 0.25) is 5.91 Å². The summed E-state index contributed by atoms with van der Waals surface area (Å²) in [6, 6.07) is 10.3. The topological polar surface area (TPSA) is 58.4 Å². The second kappa shape index (κ2) is 6.78. The van der Waals surface area contributed by atoms with Gasteiger partial charge in [-0.15, -0.1) is 0 Å². The average Bonchev–Trinajstić information content (AvgIpc) is 3.37. The Labute approximate surface area is 154 Å². The largest absolute Gasteiger partial charge is 0.371 e. The smallest absolute Gasteiger partial charge is 0.248 e. The number of nitrogens with zero attached hydrogens (tertiary/aromatic N) is 2. The van der Waals surface area contributed by atoms with Gasteiger partial charge in [0, 0.05) is 18.3 Å². The highest BCUT2D eigenvalue weighted by molar-refractivity contribution is 5.90. The summed E-state index contributed by atoms with van der Waals surface area (Å²) in [7, 11) is 0. The van der Waals surface area contributed by atoms with E-state index in [0.717, 1.165) is 62.2 Å². The highest BCUT2D eigenvalue weighted by Crippen LogP contribution is 2.40. The molecule has 26 heavy (non-hydrogen) atoms. The molecule has 1 aliphatic carbocycles. The molecule has 4 rings (SSSR count). The van der Waals surface area contributed by atoms with E-state index >= 15 is 0 Å². The second-order valence-corrected chi connectivity index (χ2v) is 7.81. The maximum atomic E-state index is 13.6. The van der Waals surface area contributed by atoms with E-state index in [2.05, 4.69) is 41.7 Å². The fraction of sp³-hybridized carbons (Fsp3) is 0.524. The molecule has 2 aliphatic rings. The van der Waals surface area contributed by atoms with Crippen LogP contribution in [0.5, 0.6) is 0 Å². The van der Waals surface area contributed by atoms with Gasteiger partial charge in [-0.1, -0.05) is 35.7 Å². The summed E-state index contributed by atoms with van der Waals surface area (Å²) in [4.78, 5) is 15.7. The summed E-state index contributed by atoms with van der Waals surface area (Å²) in [6.07, 6.45) is 5.91. The first-order valence-corrected chi connectivity index (χ1v) is 9.67. The van der Waals surface area contributed by atoms with Crippen molar-refractivity contribution in [1.82, 2.24) is 10.1 Å². The Balaban J connectivity index is 1.59. The summed E-state index contributed by atoms with van der Waals surface area (Å²) in [5.74, 6) is 1.03. The molecule has 2 aromatic rings. The zero-order valence-corrected chi connectivity index (χ0v) is 15.6. The molecule has 5 heteroatoms. The fourth-order valence-electron chi connectivity index (χ4n) is 4.40.